The predicted octanol–water partition coefficient (Wildman–Crippen LogP) is 2.96. The van der Waals surface area contributed by atoms with E-state index >= 15 is 0 Å². The lowest BCUT2D eigenvalue weighted by Gasteiger charge is -2.38. The highest BCUT2D eigenvalue weighted by molar-refractivity contribution is 5.96. The Kier molecular flexibility index (Phi) is 7.20. The fraction of sp³-hybridized carbons (Fsp3) is 0.882. The zero-order valence-electron chi connectivity index (χ0n) is 14.3. The molecule has 0 aromatic carbocycles. The second kappa shape index (κ2) is 8.40. The Balaban J connectivity index is 2.40. The van der Waals surface area contributed by atoms with Crippen LogP contribution in [0.4, 0.5) is 0 Å². The third-order valence-corrected chi connectivity index (χ3v) is 4.29. The number of unbranched alkanes of at least 4 members (excludes halogenated alkanes) is 3. The number of nitrogens with zero attached hydrogens (tertiary/aromatic N) is 1. The molecule has 1 aliphatic rings. The summed E-state index contributed by atoms with van der Waals surface area (Å²) in [4.78, 5) is 26.2. The number of nitrogens with one attached hydrogen (secondary N) is 1. The van der Waals surface area contributed by atoms with Crippen molar-refractivity contribution in [3.8, 4) is 0 Å². The van der Waals surface area contributed by atoms with Gasteiger partial charge in [0.15, 0.2) is 0 Å². The van der Waals surface area contributed by atoms with Crippen LogP contribution in [0.2, 0.25) is 0 Å². The van der Waals surface area contributed by atoms with Crippen molar-refractivity contribution in [2.75, 3.05) is 6.54 Å². The van der Waals surface area contributed by atoms with E-state index in [2.05, 4.69) is 19.2 Å². The van der Waals surface area contributed by atoms with E-state index in [9.17, 15) is 9.59 Å². The summed E-state index contributed by atoms with van der Waals surface area (Å²) < 4.78 is 0. The van der Waals surface area contributed by atoms with Gasteiger partial charge >= 0.3 is 0 Å². The van der Waals surface area contributed by atoms with Gasteiger partial charge in [0.25, 0.3) is 0 Å². The quantitative estimate of drug-likeness (QED) is 0.700. The summed E-state index contributed by atoms with van der Waals surface area (Å²) >= 11 is 0. The smallest absolute Gasteiger partial charge is 0.246 e. The molecule has 4 nitrogen and oxygen atoms in total. The summed E-state index contributed by atoms with van der Waals surface area (Å²) in [5.74, 6) is 0.971. The van der Waals surface area contributed by atoms with Crippen molar-refractivity contribution >= 4 is 11.8 Å². The molecule has 0 aliphatic carbocycles. The van der Waals surface area contributed by atoms with E-state index in [-0.39, 0.29) is 29.8 Å². The Morgan fingerprint density at radius 1 is 1.05 bits per heavy atom. The van der Waals surface area contributed by atoms with Gasteiger partial charge < -0.3 is 10.2 Å². The van der Waals surface area contributed by atoms with Gasteiger partial charge in [-0.1, -0.05) is 53.4 Å². The van der Waals surface area contributed by atoms with E-state index < -0.39 is 0 Å². The molecule has 1 fully saturated rings. The van der Waals surface area contributed by atoms with Crippen molar-refractivity contribution in [3.05, 3.63) is 0 Å². The van der Waals surface area contributed by atoms with Crippen LogP contribution < -0.4 is 5.32 Å². The Bertz CT molecular complexity index is 353. The number of rotatable bonds is 8. The average Bonchev–Trinajstić information content (AvgIpc) is 2.40. The molecule has 1 N–H and O–H groups in total. The summed E-state index contributed by atoms with van der Waals surface area (Å²) in [5.41, 5.74) is 0. The fourth-order valence-electron chi connectivity index (χ4n) is 2.79. The van der Waals surface area contributed by atoms with Crippen LogP contribution in [0.1, 0.15) is 66.7 Å². The van der Waals surface area contributed by atoms with Gasteiger partial charge in [0.2, 0.25) is 11.8 Å². The molecule has 1 aliphatic heterocycles. The first-order valence-electron chi connectivity index (χ1n) is 8.45. The zero-order valence-corrected chi connectivity index (χ0v) is 14.3. The lowest BCUT2D eigenvalue weighted by Crippen LogP contribution is -2.63. The van der Waals surface area contributed by atoms with E-state index in [1.54, 1.807) is 4.90 Å². The van der Waals surface area contributed by atoms with Gasteiger partial charge in [-0.2, -0.15) is 0 Å². The van der Waals surface area contributed by atoms with E-state index in [1.807, 2.05) is 20.8 Å². The molecule has 0 radical (unpaired) electrons. The highest BCUT2D eigenvalue weighted by Crippen LogP contribution is 2.17. The van der Waals surface area contributed by atoms with Gasteiger partial charge in [-0.3, -0.25) is 9.59 Å². The largest absolute Gasteiger partial charge is 0.342 e. The minimum absolute atomic E-state index is 0.0203. The minimum Gasteiger partial charge on any atom is -0.342 e. The summed E-state index contributed by atoms with van der Waals surface area (Å²) in [7, 11) is 0. The molecular weight excluding hydrogens is 264 g/mol. The first kappa shape index (κ1) is 18.0. The second-order valence-electron chi connectivity index (χ2n) is 7.03. The standard InChI is InChI=1S/C17H32N2O2/c1-12(2)10-8-6-7-9-11-19-14(5)16(20)18-15(13(3)4)17(19)21/h12-15H,6-11H2,1-5H3,(H,18,20). The summed E-state index contributed by atoms with van der Waals surface area (Å²) in [5, 5.41) is 2.84. The van der Waals surface area contributed by atoms with Crippen LogP contribution in [-0.2, 0) is 9.59 Å². The van der Waals surface area contributed by atoms with Crippen molar-refractivity contribution in [1.82, 2.24) is 10.2 Å². The Morgan fingerprint density at radius 3 is 2.24 bits per heavy atom. The van der Waals surface area contributed by atoms with E-state index in [4.69, 9.17) is 0 Å². The van der Waals surface area contributed by atoms with Crippen LogP contribution in [0.25, 0.3) is 0 Å². The van der Waals surface area contributed by atoms with Crippen molar-refractivity contribution in [2.45, 2.75) is 78.8 Å². The molecule has 0 spiro atoms. The highest BCUT2D eigenvalue weighted by atomic mass is 16.2. The number of piperazine rings is 1. The Labute approximate surface area is 129 Å². The average molecular weight is 296 g/mol. The Morgan fingerprint density at radius 2 is 1.67 bits per heavy atom. The minimum atomic E-state index is -0.352. The molecule has 122 valence electrons. The summed E-state index contributed by atoms with van der Waals surface area (Å²) in [6, 6.07) is -0.683. The van der Waals surface area contributed by atoms with Crippen LogP contribution in [0.3, 0.4) is 0 Å². The second-order valence-corrected chi connectivity index (χ2v) is 7.03. The van der Waals surface area contributed by atoms with Gasteiger partial charge in [-0.05, 0) is 25.2 Å². The number of carbonyl (C=O) groups is 2. The van der Waals surface area contributed by atoms with Crippen LogP contribution >= 0.6 is 0 Å². The third-order valence-electron chi connectivity index (χ3n) is 4.29. The molecule has 21 heavy (non-hydrogen) atoms. The van der Waals surface area contributed by atoms with Crippen molar-refractivity contribution in [3.63, 3.8) is 0 Å². The molecule has 1 saturated heterocycles. The number of amides is 2. The third kappa shape index (κ3) is 5.33. The SMILES string of the molecule is CC(C)CCCCCCN1C(=O)C(C(C)C)NC(=O)C1C. The molecule has 2 amide bonds. The van der Waals surface area contributed by atoms with Crippen molar-refractivity contribution in [1.29, 1.82) is 0 Å². The maximum absolute atomic E-state index is 12.4. The highest BCUT2D eigenvalue weighted by Gasteiger charge is 2.38. The predicted molar refractivity (Wildman–Crippen MR) is 85.9 cm³/mol. The first-order chi connectivity index (χ1) is 9.84. The first-order valence-corrected chi connectivity index (χ1v) is 8.45. The van der Waals surface area contributed by atoms with Gasteiger partial charge in [0.1, 0.15) is 12.1 Å². The summed E-state index contributed by atoms with van der Waals surface area (Å²) in [6.45, 7) is 11.0. The molecule has 4 heteroatoms. The fourth-order valence-corrected chi connectivity index (χ4v) is 2.79. The van der Waals surface area contributed by atoms with Gasteiger partial charge in [-0.25, -0.2) is 0 Å². The van der Waals surface area contributed by atoms with E-state index in [1.165, 1.54) is 19.3 Å². The van der Waals surface area contributed by atoms with Crippen LogP contribution in [-0.4, -0.2) is 35.3 Å². The van der Waals surface area contributed by atoms with Crippen LogP contribution in [0.5, 0.6) is 0 Å². The van der Waals surface area contributed by atoms with Gasteiger partial charge in [0, 0.05) is 6.54 Å². The molecule has 0 aromatic rings. The number of hydrogen-bond acceptors (Lipinski definition) is 2. The van der Waals surface area contributed by atoms with E-state index in [0.29, 0.717) is 6.54 Å². The lowest BCUT2D eigenvalue weighted by atomic mass is 9.98. The van der Waals surface area contributed by atoms with Crippen molar-refractivity contribution in [2.24, 2.45) is 11.8 Å². The molecule has 2 atom stereocenters. The normalized spacial score (nSPS) is 23.1. The number of carbonyl (C=O) groups excluding carboxylic acids is 2. The topological polar surface area (TPSA) is 49.4 Å². The monoisotopic (exact) mass is 296 g/mol. The van der Waals surface area contributed by atoms with Crippen molar-refractivity contribution < 1.29 is 9.59 Å². The lowest BCUT2D eigenvalue weighted by molar-refractivity contribution is -0.149. The molecule has 0 bridgehead atoms. The van der Waals surface area contributed by atoms with Gasteiger partial charge in [0.05, 0.1) is 0 Å². The molecule has 1 rings (SSSR count). The number of hydrogen-bond donors (Lipinski definition) is 1. The van der Waals surface area contributed by atoms with Crippen LogP contribution in [0, 0.1) is 11.8 Å². The maximum Gasteiger partial charge on any atom is 0.246 e. The molecule has 0 saturated carbocycles. The van der Waals surface area contributed by atoms with Crippen LogP contribution in [0.15, 0.2) is 0 Å². The molecular formula is C17H32N2O2. The van der Waals surface area contributed by atoms with E-state index in [0.717, 1.165) is 18.8 Å². The zero-order chi connectivity index (χ0) is 16.0. The Hall–Kier alpha value is -1.06. The summed E-state index contributed by atoms with van der Waals surface area (Å²) in [6.07, 6.45) is 5.88. The molecule has 1 heterocycles. The maximum atomic E-state index is 12.4. The van der Waals surface area contributed by atoms with Gasteiger partial charge in [-0.15, -0.1) is 0 Å². The molecule has 2 unspecified atom stereocenters. The molecule has 0 aromatic heterocycles.